The number of amides is 1. The van der Waals surface area contributed by atoms with E-state index in [0.717, 1.165) is 4.88 Å². The summed E-state index contributed by atoms with van der Waals surface area (Å²) in [6.07, 6.45) is 0. The van der Waals surface area contributed by atoms with Crippen LogP contribution in [0.25, 0.3) is 10.8 Å². The van der Waals surface area contributed by atoms with E-state index >= 15 is 0 Å². The van der Waals surface area contributed by atoms with Crippen molar-refractivity contribution in [3.05, 3.63) is 39.9 Å². The van der Waals surface area contributed by atoms with E-state index in [-0.39, 0.29) is 11.9 Å². The molecule has 0 fully saturated rings. The topological polar surface area (TPSA) is 68.0 Å². The molecule has 0 saturated heterocycles. The predicted octanol–water partition coefficient (Wildman–Crippen LogP) is 3.11. The lowest BCUT2D eigenvalue weighted by Crippen LogP contribution is -2.11. The van der Waals surface area contributed by atoms with Crippen LogP contribution in [-0.4, -0.2) is 16.0 Å². The molecule has 0 bridgehead atoms. The number of thiophene rings is 2. The molecule has 0 radical (unpaired) electrons. The summed E-state index contributed by atoms with van der Waals surface area (Å²) in [5.74, 6) is 0.354. The number of carbonyl (C=O) groups is 1. The van der Waals surface area contributed by atoms with Crippen molar-refractivity contribution in [3.8, 4) is 10.8 Å². The highest BCUT2D eigenvalue weighted by molar-refractivity contribution is 7.13. The number of nitrogens with zero attached hydrogens (tertiary/aromatic N) is 2. The van der Waals surface area contributed by atoms with Crippen molar-refractivity contribution in [1.82, 2.24) is 10.1 Å². The number of nitrogens with one attached hydrogen (secondary N) is 1. The van der Waals surface area contributed by atoms with Crippen LogP contribution in [0.15, 0.2) is 39.5 Å². The van der Waals surface area contributed by atoms with Crippen molar-refractivity contribution in [2.75, 3.05) is 5.32 Å². The van der Waals surface area contributed by atoms with Gasteiger partial charge < -0.3 is 4.52 Å². The summed E-state index contributed by atoms with van der Waals surface area (Å²) in [4.78, 5) is 17.3. The van der Waals surface area contributed by atoms with Gasteiger partial charge in [0.05, 0.1) is 9.75 Å². The van der Waals surface area contributed by atoms with E-state index in [1.807, 2.05) is 29.0 Å². The third-order valence-electron chi connectivity index (χ3n) is 2.13. The second-order valence-corrected chi connectivity index (χ2v) is 5.23. The SMILES string of the molecule is O=C(Nc1noc(-c2cccs2)n1)c1cccs1. The molecule has 0 aliphatic rings. The largest absolute Gasteiger partial charge is 0.331 e. The molecule has 5 nitrogen and oxygen atoms in total. The van der Waals surface area contributed by atoms with Crippen molar-refractivity contribution < 1.29 is 9.32 Å². The number of rotatable bonds is 3. The molecule has 0 saturated carbocycles. The Labute approximate surface area is 110 Å². The van der Waals surface area contributed by atoms with Gasteiger partial charge in [-0.2, -0.15) is 4.98 Å². The van der Waals surface area contributed by atoms with Gasteiger partial charge in [-0.15, -0.1) is 22.7 Å². The summed E-state index contributed by atoms with van der Waals surface area (Å²) in [5, 5.41) is 10.1. The monoisotopic (exact) mass is 277 g/mol. The van der Waals surface area contributed by atoms with Crippen molar-refractivity contribution >= 4 is 34.5 Å². The molecule has 3 aromatic heterocycles. The van der Waals surface area contributed by atoms with Gasteiger partial charge in [0.15, 0.2) is 0 Å². The third kappa shape index (κ3) is 2.18. The van der Waals surface area contributed by atoms with Crippen LogP contribution < -0.4 is 5.32 Å². The third-order valence-corrected chi connectivity index (χ3v) is 3.85. The Bertz CT molecular complexity index is 644. The predicted molar refractivity (Wildman–Crippen MR) is 69.9 cm³/mol. The van der Waals surface area contributed by atoms with Crippen LogP contribution in [0.5, 0.6) is 0 Å². The maximum atomic E-state index is 11.8. The Balaban J connectivity index is 1.76. The van der Waals surface area contributed by atoms with Gasteiger partial charge in [0.25, 0.3) is 17.7 Å². The average molecular weight is 277 g/mol. The summed E-state index contributed by atoms with van der Waals surface area (Å²) < 4.78 is 5.07. The van der Waals surface area contributed by atoms with Crippen LogP contribution in [-0.2, 0) is 0 Å². The molecule has 3 heterocycles. The van der Waals surface area contributed by atoms with Crippen LogP contribution in [0, 0.1) is 0 Å². The fourth-order valence-corrected chi connectivity index (χ4v) is 2.61. The van der Waals surface area contributed by atoms with Crippen LogP contribution >= 0.6 is 22.7 Å². The number of hydrogen-bond donors (Lipinski definition) is 1. The molecule has 7 heteroatoms. The van der Waals surface area contributed by atoms with Gasteiger partial charge in [-0.3, -0.25) is 10.1 Å². The highest BCUT2D eigenvalue weighted by Gasteiger charge is 2.13. The quantitative estimate of drug-likeness (QED) is 0.798. The molecule has 18 heavy (non-hydrogen) atoms. The summed E-state index contributed by atoms with van der Waals surface area (Å²) in [6, 6.07) is 7.32. The number of carbonyl (C=O) groups excluding carboxylic acids is 1. The second-order valence-electron chi connectivity index (χ2n) is 3.33. The molecule has 3 rings (SSSR count). The van der Waals surface area contributed by atoms with Gasteiger partial charge in [0.1, 0.15) is 0 Å². The van der Waals surface area contributed by atoms with Gasteiger partial charge in [-0.1, -0.05) is 12.1 Å². The molecule has 0 aromatic carbocycles. The molecule has 0 atom stereocenters. The van der Waals surface area contributed by atoms with Gasteiger partial charge in [-0.25, -0.2) is 0 Å². The van der Waals surface area contributed by atoms with Crippen LogP contribution in [0.2, 0.25) is 0 Å². The summed E-state index contributed by atoms with van der Waals surface area (Å²) in [7, 11) is 0. The normalized spacial score (nSPS) is 10.4. The van der Waals surface area contributed by atoms with E-state index in [1.165, 1.54) is 22.7 Å². The van der Waals surface area contributed by atoms with E-state index in [1.54, 1.807) is 6.07 Å². The van der Waals surface area contributed by atoms with Crippen LogP contribution in [0.1, 0.15) is 9.67 Å². The molecule has 0 aliphatic heterocycles. The Hall–Kier alpha value is -1.99. The zero-order valence-electron chi connectivity index (χ0n) is 8.99. The minimum absolute atomic E-state index is 0.178. The fraction of sp³-hybridized carbons (Fsp3) is 0. The van der Waals surface area contributed by atoms with E-state index < -0.39 is 0 Å². The van der Waals surface area contributed by atoms with Gasteiger partial charge >= 0.3 is 0 Å². The van der Waals surface area contributed by atoms with Crippen molar-refractivity contribution in [2.45, 2.75) is 0 Å². The Morgan fingerprint density at radius 3 is 2.78 bits per heavy atom. The molecule has 3 aromatic rings. The lowest BCUT2D eigenvalue weighted by Gasteiger charge is -1.94. The Morgan fingerprint density at radius 2 is 2.06 bits per heavy atom. The summed E-state index contributed by atoms with van der Waals surface area (Å²) in [5.41, 5.74) is 0. The van der Waals surface area contributed by atoms with Crippen molar-refractivity contribution in [1.29, 1.82) is 0 Å². The smallest absolute Gasteiger partial charge is 0.270 e. The molecule has 0 aliphatic carbocycles. The van der Waals surface area contributed by atoms with E-state index in [4.69, 9.17) is 4.52 Å². The minimum atomic E-state index is -0.233. The first kappa shape index (κ1) is 11.1. The second kappa shape index (κ2) is 4.71. The van der Waals surface area contributed by atoms with E-state index in [9.17, 15) is 4.79 Å². The van der Waals surface area contributed by atoms with E-state index in [0.29, 0.717) is 10.8 Å². The van der Waals surface area contributed by atoms with Gasteiger partial charge in [-0.05, 0) is 28.0 Å². The molecule has 0 unspecified atom stereocenters. The molecule has 0 spiro atoms. The van der Waals surface area contributed by atoms with Crippen molar-refractivity contribution in [3.63, 3.8) is 0 Å². The van der Waals surface area contributed by atoms with Crippen LogP contribution in [0.3, 0.4) is 0 Å². The maximum absolute atomic E-state index is 11.8. The van der Waals surface area contributed by atoms with Crippen LogP contribution in [0.4, 0.5) is 5.95 Å². The fourth-order valence-electron chi connectivity index (χ4n) is 1.35. The summed E-state index contributed by atoms with van der Waals surface area (Å²) in [6.45, 7) is 0. The first-order valence-electron chi connectivity index (χ1n) is 5.05. The molecule has 90 valence electrons. The molecular weight excluding hydrogens is 270 g/mol. The summed E-state index contributed by atoms with van der Waals surface area (Å²) >= 11 is 2.86. The number of hydrogen-bond acceptors (Lipinski definition) is 6. The number of aromatic nitrogens is 2. The first-order valence-corrected chi connectivity index (χ1v) is 6.81. The Kier molecular flexibility index (Phi) is 2.91. The molecular formula is C11H7N3O2S2. The average Bonchev–Trinajstić information content (AvgIpc) is 3.12. The minimum Gasteiger partial charge on any atom is -0.331 e. The van der Waals surface area contributed by atoms with E-state index in [2.05, 4.69) is 15.5 Å². The molecule has 1 N–H and O–H groups in total. The lowest BCUT2D eigenvalue weighted by molar-refractivity contribution is 0.102. The highest BCUT2D eigenvalue weighted by atomic mass is 32.1. The standard InChI is InChI=1S/C11H7N3O2S2/c15-9(7-3-1-5-17-7)12-11-13-10(16-14-11)8-4-2-6-18-8/h1-6H,(H,12,14,15). The first-order chi connectivity index (χ1) is 8.83. The number of anilines is 1. The zero-order chi connectivity index (χ0) is 12.4. The Morgan fingerprint density at radius 1 is 1.22 bits per heavy atom. The zero-order valence-corrected chi connectivity index (χ0v) is 10.6. The van der Waals surface area contributed by atoms with Crippen molar-refractivity contribution in [2.24, 2.45) is 0 Å². The maximum Gasteiger partial charge on any atom is 0.270 e. The lowest BCUT2D eigenvalue weighted by atomic mass is 10.4. The highest BCUT2D eigenvalue weighted by Crippen LogP contribution is 2.23. The van der Waals surface area contributed by atoms with Gasteiger partial charge in [0.2, 0.25) is 0 Å². The molecule has 1 amide bonds. The van der Waals surface area contributed by atoms with Gasteiger partial charge in [0, 0.05) is 0 Å².